The summed E-state index contributed by atoms with van der Waals surface area (Å²) in [6.45, 7) is 8.51. The molecule has 2 fully saturated rings. The van der Waals surface area contributed by atoms with E-state index in [4.69, 9.17) is 14.2 Å². The molecular weight excluding hydrogens is 382 g/mol. The Morgan fingerprint density at radius 3 is 2.20 bits per heavy atom. The monoisotopic (exact) mass is 417 g/mol. The van der Waals surface area contributed by atoms with Crippen LogP contribution in [-0.4, -0.2) is 47.7 Å². The van der Waals surface area contributed by atoms with Gasteiger partial charge in [0, 0.05) is 24.4 Å². The molecule has 30 heavy (non-hydrogen) atoms. The van der Waals surface area contributed by atoms with Gasteiger partial charge < -0.3 is 19.1 Å². The minimum absolute atomic E-state index is 0.00952. The molecule has 2 saturated heterocycles. The Labute approximate surface area is 179 Å². The predicted molar refractivity (Wildman–Crippen MR) is 115 cm³/mol. The first-order chi connectivity index (χ1) is 14.3. The number of benzene rings is 1. The van der Waals surface area contributed by atoms with Crippen molar-refractivity contribution in [2.75, 3.05) is 13.2 Å². The molecule has 2 aliphatic heterocycles. The number of para-hydroxylation sites is 2. The minimum atomic E-state index is -0.507. The lowest BCUT2D eigenvalue weighted by Crippen LogP contribution is -2.56. The molecule has 0 aromatic heterocycles. The highest BCUT2D eigenvalue weighted by Gasteiger charge is 2.44. The average Bonchev–Trinajstić information content (AvgIpc) is 2.67. The fourth-order valence-electron chi connectivity index (χ4n) is 4.57. The van der Waals surface area contributed by atoms with Gasteiger partial charge in [0.1, 0.15) is 11.4 Å². The number of carbonyl (C=O) groups excluding carboxylic acids is 2. The maximum absolute atomic E-state index is 12.9. The molecule has 1 amide bonds. The molecule has 3 rings (SSSR count). The first kappa shape index (κ1) is 22.4. The normalized spacial score (nSPS) is 23.6. The van der Waals surface area contributed by atoms with Gasteiger partial charge >= 0.3 is 6.09 Å². The lowest BCUT2D eigenvalue weighted by atomic mass is 9.76. The van der Waals surface area contributed by atoms with Crippen LogP contribution in [-0.2, 0) is 9.53 Å². The highest BCUT2D eigenvalue weighted by Crippen LogP contribution is 2.38. The van der Waals surface area contributed by atoms with Gasteiger partial charge in [0.25, 0.3) is 0 Å². The van der Waals surface area contributed by atoms with Crippen LogP contribution in [0.4, 0.5) is 4.79 Å². The zero-order chi connectivity index (χ0) is 21.7. The molecule has 2 bridgehead atoms. The van der Waals surface area contributed by atoms with Gasteiger partial charge in [-0.25, -0.2) is 4.79 Å². The van der Waals surface area contributed by atoms with E-state index in [1.54, 1.807) is 0 Å². The molecule has 0 saturated carbocycles. The van der Waals surface area contributed by atoms with Crippen LogP contribution < -0.4 is 9.47 Å². The topological polar surface area (TPSA) is 65.1 Å². The Kier molecular flexibility index (Phi) is 7.27. The first-order valence-corrected chi connectivity index (χ1v) is 11.2. The van der Waals surface area contributed by atoms with Gasteiger partial charge in [-0.2, -0.15) is 0 Å². The fraction of sp³-hybridized carbons (Fsp3) is 0.667. The third-order valence-electron chi connectivity index (χ3n) is 5.79. The van der Waals surface area contributed by atoms with Gasteiger partial charge in [-0.15, -0.1) is 0 Å². The van der Waals surface area contributed by atoms with E-state index in [0.29, 0.717) is 31.1 Å². The molecule has 1 aromatic rings. The molecule has 6 heteroatoms. The summed E-state index contributed by atoms with van der Waals surface area (Å²) in [6.07, 6.45) is 4.58. The second-order valence-corrected chi connectivity index (χ2v) is 9.24. The number of piperidine rings is 2. The SMILES string of the molecule is CCOc1ccccc1OCCC(=O)C1CC2CCCC(C1)N2C(=O)OC(C)(C)C. The molecule has 2 aliphatic rings. The van der Waals surface area contributed by atoms with Crippen molar-refractivity contribution in [2.45, 2.75) is 83.9 Å². The summed E-state index contributed by atoms with van der Waals surface area (Å²) < 4.78 is 17.0. The summed E-state index contributed by atoms with van der Waals surface area (Å²) >= 11 is 0. The molecule has 0 N–H and O–H groups in total. The van der Waals surface area contributed by atoms with Crippen LogP contribution in [0, 0.1) is 5.92 Å². The summed E-state index contributed by atoms with van der Waals surface area (Å²) in [7, 11) is 0. The van der Waals surface area contributed by atoms with Crippen molar-refractivity contribution in [2.24, 2.45) is 5.92 Å². The second-order valence-electron chi connectivity index (χ2n) is 9.24. The van der Waals surface area contributed by atoms with Gasteiger partial charge in [0.05, 0.1) is 13.2 Å². The number of hydrogen-bond acceptors (Lipinski definition) is 5. The Bertz CT molecular complexity index is 727. The standard InChI is InChI=1S/C24H35NO5/c1-5-28-21-11-6-7-12-22(21)29-14-13-20(26)17-15-18-9-8-10-19(16-17)25(18)23(27)30-24(2,3)4/h6-7,11-12,17-19H,5,8-10,13-16H2,1-4H3. The number of ketones is 1. The van der Waals surface area contributed by atoms with Gasteiger partial charge in [0.2, 0.25) is 0 Å². The maximum atomic E-state index is 12.9. The van der Waals surface area contributed by atoms with Gasteiger partial charge in [-0.1, -0.05) is 12.1 Å². The highest BCUT2D eigenvalue weighted by molar-refractivity contribution is 5.82. The van der Waals surface area contributed by atoms with Crippen molar-refractivity contribution in [3.05, 3.63) is 24.3 Å². The number of rotatable bonds is 7. The zero-order valence-corrected chi connectivity index (χ0v) is 18.7. The second kappa shape index (κ2) is 9.71. The van der Waals surface area contributed by atoms with Crippen LogP contribution in [0.2, 0.25) is 0 Å². The van der Waals surface area contributed by atoms with Crippen LogP contribution in [0.3, 0.4) is 0 Å². The van der Waals surface area contributed by atoms with E-state index in [-0.39, 0.29) is 29.9 Å². The van der Waals surface area contributed by atoms with E-state index in [1.165, 1.54) is 0 Å². The molecule has 6 nitrogen and oxygen atoms in total. The Hall–Kier alpha value is -2.24. The van der Waals surface area contributed by atoms with Crippen molar-refractivity contribution >= 4 is 11.9 Å². The number of nitrogens with zero attached hydrogens (tertiary/aromatic N) is 1. The summed E-state index contributed by atoms with van der Waals surface area (Å²) in [5.74, 6) is 1.59. The van der Waals surface area contributed by atoms with Crippen molar-refractivity contribution in [3.8, 4) is 11.5 Å². The van der Waals surface area contributed by atoms with E-state index in [2.05, 4.69) is 0 Å². The lowest BCUT2D eigenvalue weighted by molar-refractivity contribution is -0.127. The average molecular weight is 418 g/mol. The summed E-state index contributed by atoms with van der Waals surface area (Å²) in [6, 6.07) is 7.72. The third kappa shape index (κ3) is 5.67. The highest BCUT2D eigenvalue weighted by atomic mass is 16.6. The van der Waals surface area contributed by atoms with Crippen LogP contribution >= 0.6 is 0 Å². The zero-order valence-electron chi connectivity index (χ0n) is 18.7. The molecule has 166 valence electrons. The smallest absolute Gasteiger partial charge is 0.410 e. The summed E-state index contributed by atoms with van der Waals surface area (Å²) in [4.78, 5) is 27.5. The van der Waals surface area contributed by atoms with E-state index >= 15 is 0 Å². The van der Waals surface area contributed by atoms with Gasteiger partial charge in [0.15, 0.2) is 11.5 Å². The maximum Gasteiger partial charge on any atom is 0.410 e. The van der Waals surface area contributed by atoms with E-state index < -0.39 is 5.60 Å². The Balaban J connectivity index is 1.54. The van der Waals surface area contributed by atoms with Crippen LogP contribution in [0.5, 0.6) is 11.5 Å². The summed E-state index contributed by atoms with van der Waals surface area (Å²) in [5, 5.41) is 0. The number of hydrogen-bond donors (Lipinski definition) is 0. The van der Waals surface area contributed by atoms with Crippen molar-refractivity contribution in [1.82, 2.24) is 4.90 Å². The van der Waals surface area contributed by atoms with E-state index in [9.17, 15) is 9.59 Å². The number of carbonyl (C=O) groups is 2. The quantitative estimate of drug-likeness (QED) is 0.625. The van der Waals surface area contributed by atoms with E-state index in [1.807, 2.05) is 56.9 Å². The van der Waals surface area contributed by atoms with Crippen molar-refractivity contribution < 1.29 is 23.8 Å². The van der Waals surface area contributed by atoms with Crippen molar-refractivity contribution in [3.63, 3.8) is 0 Å². The van der Waals surface area contributed by atoms with Crippen LogP contribution in [0.1, 0.15) is 66.2 Å². The molecule has 0 radical (unpaired) electrons. The first-order valence-electron chi connectivity index (χ1n) is 11.2. The molecule has 0 aliphatic carbocycles. The van der Waals surface area contributed by atoms with Crippen LogP contribution in [0.15, 0.2) is 24.3 Å². The molecule has 0 spiro atoms. The number of Topliss-reactive ketones (excluding diaryl/α,β-unsaturated/α-hetero) is 1. The molecule has 1 aromatic carbocycles. The predicted octanol–water partition coefficient (Wildman–Crippen LogP) is 4.99. The number of ether oxygens (including phenoxy) is 3. The minimum Gasteiger partial charge on any atom is -0.490 e. The van der Waals surface area contributed by atoms with Gasteiger partial charge in [-0.05, 0) is 71.9 Å². The Morgan fingerprint density at radius 2 is 1.63 bits per heavy atom. The molecular formula is C24H35NO5. The van der Waals surface area contributed by atoms with E-state index in [0.717, 1.165) is 32.1 Å². The molecule has 2 unspecified atom stereocenters. The molecule has 2 heterocycles. The lowest BCUT2D eigenvalue weighted by Gasteiger charge is -2.48. The Morgan fingerprint density at radius 1 is 1.03 bits per heavy atom. The summed E-state index contributed by atoms with van der Waals surface area (Å²) in [5.41, 5.74) is -0.507. The third-order valence-corrected chi connectivity index (χ3v) is 5.79. The van der Waals surface area contributed by atoms with Crippen molar-refractivity contribution in [1.29, 1.82) is 0 Å². The van der Waals surface area contributed by atoms with Gasteiger partial charge in [-0.3, -0.25) is 4.79 Å². The fourth-order valence-corrected chi connectivity index (χ4v) is 4.57. The molecule has 2 atom stereocenters. The largest absolute Gasteiger partial charge is 0.490 e. The number of fused-ring (bicyclic) bond motifs is 2. The van der Waals surface area contributed by atoms with Crippen LogP contribution in [0.25, 0.3) is 0 Å². The number of amides is 1.